The van der Waals surface area contributed by atoms with Crippen LogP contribution in [0, 0.1) is 25.2 Å². The van der Waals surface area contributed by atoms with Gasteiger partial charge in [0.05, 0.1) is 10.0 Å². The average molecular weight is 552 g/mol. The van der Waals surface area contributed by atoms with Crippen molar-refractivity contribution in [3.63, 3.8) is 0 Å². The third-order valence-corrected chi connectivity index (χ3v) is 6.61. The molecule has 174 valence electrons. The first-order valence-electron chi connectivity index (χ1n) is 10.1. The topological polar surface area (TPSA) is 72.0 Å². The van der Waals surface area contributed by atoms with Crippen molar-refractivity contribution in [3.8, 4) is 0 Å². The second-order valence-corrected chi connectivity index (χ2v) is 9.86. The van der Waals surface area contributed by atoms with Gasteiger partial charge in [-0.25, -0.2) is 8.42 Å². The fraction of sp³-hybridized carbons (Fsp3) is 0.458. The minimum atomic E-state index is -3.64. The van der Waals surface area contributed by atoms with Gasteiger partial charge in [-0.05, 0) is 24.2 Å². The molecule has 0 saturated carbocycles. The number of nitrogens with zero attached hydrogens (tertiary/aromatic N) is 1. The van der Waals surface area contributed by atoms with E-state index in [2.05, 4.69) is 42.1 Å². The molecule has 4 nitrogen and oxygen atoms in total. The molecule has 2 aromatic rings. The van der Waals surface area contributed by atoms with Gasteiger partial charge in [0.25, 0.3) is 0 Å². The predicted octanol–water partition coefficient (Wildman–Crippen LogP) is 7.68. The Kier molecular flexibility index (Phi) is 14.8. The van der Waals surface area contributed by atoms with Gasteiger partial charge < -0.3 is 17.9 Å². The van der Waals surface area contributed by atoms with E-state index in [-0.39, 0.29) is 13.2 Å². The van der Waals surface area contributed by atoms with E-state index in [0.29, 0.717) is 24.2 Å². The van der Waals surface area contributed by atoms with Gasteiger partial charge in [0, 0.05) is 5.75 Å². The maximum absolute atomic E-state index is 12.8. The molecule has 31 heavy (non-hydrogen) atoms. The van der Waals surface area contributed by atoms with E-state index in [1.165, 1.54) is 0 Å². The van der Waals surface area contributed by atoms with Gasteiger partial charge in [-0.3, -0.25) is 0 Å². The predicted molar refractivity (Wildman–Crippen MR) is 130 cm³/mol. The molecule has 0 aliphatic rings. The minimum absolute atomic E-state index is 0. The molecule has 0 spiro atoms. The van der Waals surface area contributed by atoms with Gasteiger partial charge in [-0.15, -0.1) is 12.1 Å². The summed E-state index contributed by atoms with van der Waals surface area (Å²) in [7, 11) is 0.930. The van der Waals surface area contributed by atoms with Crippen LogP contribution in [0.4, 0.5) is 0 Å². The molecule has 1 N–H and O–H groups in total. The molecule has 0 amide bonds. The fourth-order valence-corrected chi connectivity index (χ4v) is 5.02. The van der Waals surface area contributed by atoms with E-state index in [1.54, 1.807) is 0 Å². The molecule has 0 saturated heterocycles. The molecule has 0 aliphatic carbocycles. The molecule has 2 aromatic carbocycles. The molecule has 0 fully saturated rings. The second kappa shape index (κ2) is 15.1. The van der Waals surface area contributed by atoms with E-state index in [4.69, 9.17) is 5.73 Å². The van der Waals surface area contributed by atoms with Crippen LogP contribution in [-0.4, -0.2) is 14.2 Å². The molecular weight excluding hydrogens is 517 g/mol. The first-order chi connectivity index (χ1) is 14.2. The van der Waals surface area contributed by atoms with Crippen molar-refractivity contribution in [2.45, 2.75) is 46.2 Å². The first kappa shape index (κ1) is 30.2. The third kappa shape index (κ3) is 10.1. The standard InChI is InChI=1S/C23H32N2O2S.CH3.ClH.Ru/c1-17(2)21(18(3)4)15-16-28(26,27)25-23(20-13-9-6-10-14-20)22(24)19-11-7-5-8-12-19;;;/h5-14,17-18,21-24H,15-16H2,1-4H3;1H3;1H;/q-2;-1;;+4/p-1. The second-order valence-electron chi connectivity index (χ2n) is 8.08. The van der Waals surface area contributed by atoms with E-state index >= 15 is 0 Å². The van der Waals surface area contributed by atoms with E-state index in [0.717, 1.165) is 11.1 Å². The van der Waals surface area contributed by atoms with Crippen LogP contribution in [0.3, 0.4) is 0 Å². The Morgan fingerprint density at radius 1 is 0.871 bits per heavy atom. The molecule has 0 heterocycles. The monoisotopic (exact) mass is 552 g/mol. The van der Waals surface area contributed by atoms with Crippen LogP contribution >= 0.6 is 9.69 Å². The van der Waals surface area contributed by atoms with Crippen LogP contribution < -0.4 is 0 Å². The third-order valence-electron chi connectivity index (χ3n) is 5.31. The van der Waals surface area contributed by atoms with E-state index < -0.39 is 22.1 Å². The van der Waals surface area contributed by atoms with Crippen molar-refractivity contribution in [1.29, 1.82) is 0 Å². The zero-order valence-corrected chi connectivity index (χ0v) is 22.3. The molecule has 2 rings (SSSR count). The Bertz CT molecular complexity index is 810. The summed E-state index contributed by atoms with van der Waals surface area (Å²) in [5.74, 6) is 1.21. The molecule has 0 bridgehead atoms. The number of halogens is 1. The maximum atomic E-state index is 12.8. The first-order valence-corrected chi connectivity index (χ1v) is 13.9. The van der Waals surface area contributed by atoms with Gasteiger partial charge in [0.15, 0.2) is 0 Å². The molecule has 2 unspecified atom stereocenters. The number of benzene rings is 2. The summed E-state index contributed by atoms with van der Waals surface area (Å²) in [5.41, 5.74) is 10.2. The summed E-state index contributed by atoms with van der Waals surface area (Å²) >= 11 is 1.82. The van der Waals surface area contributed by atoms with Crippen LogP contribution in [0.5, 0.6) is 0 Å². The van der Waals surface area contributed by atoms with E-state index in [1.807, 2.05) is 78.0 Å². The van der Waals surface area contributed by atoms with Crippen molar-refractivity contribution in [3.05, 3.63) is 89.7 Å². The summed E-state index contributed by atoms with van der Waals surface area (Å²) < 4.78 is 29.9. The van der Waals surface area contributed by atoms with Gasteiger partial charge in [0.2, 0.25) is 0 Å². The van der Waals surface area contributed by atoms with E-state index in [9.17, 15) is 8.42 Å². The van der Waals surface area contributed by atoms with Gasteiger partial charge >= 0.3 is 27.0 Å². The van der Waals surface area contributed by atoms with Gasteiger partial charge in [0.1, 0.15) is 0 Å². The van der Waals surface area contributed by atoms with Gasteiger partial charge in [-0.1, -0.05) is 99.5 Å². The van der Waals surface area contributed by atoms with Crippen molar-refractivity contribution in [2.24, 2.45) is 17.8 Å². The van der Waals surface area contributed by atoms with Gasteiger partial charge in [-0.2, -0.15) is 0 Å². The Hall–Kier alpha value is -0.777. The van der Waals surface area contributed by atoms with Crippen molar-refractivity contribution < 1.29 is 25.7 Å². The summed E-state index contributed by atoms with van der Waals surface area (Å²) in [6.07, 6.45) is 0.594. The zero-order valence-electron chi connectivity index (χ0n) is 19.0. The Balaban J connectivity index is 0.00000291. The van der Waals surface area contributed by atoms with Crippen LogP contribution in [0.1, 0.15) is 57.3 Å². The number of rotatable bonds is 10. The SMILES string of the molecule is CC(C)C(CCS(=O)(=O)[N-]C(c1ccccc1)C([NH-])c1ccccc1)C(C)C.[CH3-].[Cl][Ru+3]. The van der Waals surface area contributed by atoms with Crippen LogP contribution in [0.2, 0.25) is 0 Å². The van der Waals surface area contributed by atoms with Crippen LogP contribution in [0.15, 0.2) is 60.7 Å². The Labute approximate surface area is 204 Å². The van der Waals surface area contributed by atoms with Crippen LogP contribution in [0.25, 0.3) is 10.5 Å². The average Bonchev–Trinajstić information content (AvgIpc) is 2.74. The number of hydrogen-bond acceptors (Lipinski definition) is 2. The summed E-state index contributed by atoms with van der Waals surface area (Å²) in [6, 6.07) is 17.1. The number of hydrogen-bond donors (Lipinski definition) is 0. The van der Waals surface area contributed by atoms with Crippen molar-refractivity contribution >= 4 is 19.7 Å². The zero-order chi connectivity index (χ0) is 22.7. The summed E-state index contributed by atoms with van der Waals surface area (Å²) in [5, 5.41) is 0. The summed E-state index contributed by atoms with van der Waals surface area (Å²) in [4.78, 5) is 0. The quantitative estimate of drug-likeness (QED) is 0.224. The Morgan fingerprint density at radius 2 is 1.29 bits per heavy atom. The Morgan fingerprint density at radius 3 is 1.71 bits per heavy atom. The molecule has 2 atom stereocenters. The molecule has 0 aliphatic heterocycles. The molecule has 7 heteroatoms. The molecule has 0 aromatic heterocycles. The number of nitrogens with one attached hydrogen (secondary N) is 1. The van der Waals surface area contributed by atoms with Crippen LogP contribution in [-0.2, 0) is 27.3 Å². The molecular formula is C24H35ClN2O2RuS. The van der Waals surface area contributed by atoms with Crippen molar-refractivity contribution in [2.75, 3.05) is 5.75 Å². The normalized spacial score (nSPS) is 13.3. The summed E-state index contributed by atoms with van der Waals surface area (Å²) in [6.45, 7) is 8.54. The fourth-order valence-electron chi connectivity index (χ4n) is 3.75. The number of sulfonamides is 1. The molecule has 0 radical (unpaired) electrons. The van der Waals surface area contributed by atoms with Crippen molar-refractivity contribution in [1.82, 2.24) is 0 Å².